The van der Waals surface area contributed by atoms with Crippen molar-refractivity contribution in [2.45, 2.75) is 12.8 Å². The molecule has 2 aromatic rings. The molecule has 0 saturated heterocycles. The van der Waals surface area contributed by atoms with E-state index in [0.717, 1.165) is 0 Å². The quantitative estimate of drug-likeness (QED) is 0.653. The molecular weight excluding hydrogens is 146 g/mol. The van der Waals surface area contributed by atoms with E-state index in [9.17, 15) is 0 Å². The van der Waals surface area contributed by atoms with Crippen LogP contribution < -0.4 is 0 Å². The Hall–Kier alpha value is -1.24. The van der Waals surface area contributed by atoms with Crippen LogP contribution in [0.5, 0.6) is 0 Å². The summed E-state index contributed by atoms with van der Waals surface area (Å²) in [5.41, 5.74) is 2.69. The summed E-state index contributed by atoms with van der Waals surface area (Å²) in [7, 11) is 0. The molecule has 1 fully saturated rings. The van der Waals surface area contributed by atoms with Gasteiger partial charge in [-0.05, 0) is 24.5 Å². The largest absolute Gasteiger partial charge is 0.361 e. The van der Waals surface area contributed by atoms with Crippen molar-refractivity contribution in [1.29, 1.82) is 0 Å². The first-order chi connectivity index (χ1) is 5.95. The third-order valence-corrected chi connectivity index (χ3v) is 2.47. The van der Waals surface area contributed by atoms with Gasteiger partial charge in [0, 0.05) is 23.0 Å². The third-order valence-electron chi connectivity index (χ3n) is 2.47. The predicted octanol–water partition coefficient (Wildman–Crippen LogP) is 2.88. The molecule has 0 unspecified atom stereocenters. The smallest absolute Gasteiger partial charge is 0.0457 e. The van der Waals surface area contributed by atoms with E-state index in [4.69, 9.17) is 0 Å². The predicted molar refractivity (Wildman–Crippen MR) is 49.9 cm³/mol. The molecule has 1 heteroatoms. The van der Waals surface area contributed by atoms with Gasteiger partial charge in [0.1, 0.15) is 0 Å². The van der Waals surface area contributed by atoms with Crippen LogP contribution in [0.1, 0.15) is 18.4 Å². The van der Waals surface area contributed by atoms with E-state index in [1.54, 1.807) is 5.92 Å². The van der Waals surface area contributed by atoms with E-state index in [1.165, 1.54) is 29.3 Å². The molecular formula is C11H10N. The van der Waals surface area contributed by atoms with E-state index in [2.05, 4.69) is 35.4 Å². The molecule has 0 amide bonds. The molecule has 0 spiro atoms. The average Bonchev–Trinajstić information content (AvgIpc) is 2.86. The average molecular weight is 156 g/mol. The van der Waals surface area contributed by atoms with Gasteiger partial charge in [-0.25, -0.2) is 0 Å². The van der Waals surface area contributed by atoms with Gasteiger partial charge >= 0.3 is 0 Å². The van der Waals surface area contributed by atoms with E-state index in [-0.39, 0.29) is 0 Å². The molecule has 1 aromatic heterocycles. The van der Waals surface area contributed by atoms with Gasteiger partial charge in [0.15, 0.2) is 0 Å². The first-order valence-corrected chi connectivity index (χ1v) is 4.36. The SMILES string of the molecule is c1ccc2c([C]3CC3)c[nH]c2c1. The topological polar surface area (TPSA) is 15.8 Å². The van der Waals surface area contributed by atoms with Crippen molar-refractivity contribution in [2.24, 2.45) is 0 Å². The number of para-hydroxylation sites is 1. The normalized spacial score (nSPS) is 17.0. The van der Waals surface area contributed by atoms with Crippen LogP contribution >= 0.6 is 0 Å². The van der Waals surface area contributed by atoms with Crippen molar-refractivity contribution in [3.63, 3.8) is 0 Å². The number of nitrogens with one attached hydrogen (secondary N) is 1. The fraction of sp³-hybridized carbons (Fsp3) is 0.182. The molecule has 1 nitrogen and oxygen atoms in total. The van der Waals surface area contributed by atoms with Gasteiger partial charge in [0.05, 0.1) is 0 Å². The van der Waals surface area contributed by atoms with Crippen molar-refractivity contribution < 1.29 is 0 Å². The Bertz CT molecular complexity index is 410. The van der Waals surface area contributed by atoms with Crippen molar-refractivity contribution in [1.82, 2.24) is 4.98 Å². The van der Waals surface area contributed by atoms with Crippen LogP contribution in [0, 0.1) is 5.92 Å². The molecule has 12 heavy (non-hydrogen) atoms. The molecule has 3 rings (SSSR count). The van der Waals surface area contributed by atoms with Crippen molar-refractivity contribution >= 4 is 10.9 Å². The van der Waals surface area contributed by atoms with Crippen LogP contribution in [0.4, 0.5) is 0 Å². The van der Waals surface area contributed by atoms with Crippen LogP contribution in [-0.2, 0) is 0 Å². The fourth-order valence-corrected chi connectivity index (χ4v) is 1.70. The van der Waals surface area contributed by atoms with Gasteiger partial charge in [-0.3, -0.25) is 0 Å². The Morgan fingerprint density at radius 2 is 1.92 bits per heavy atom. The number of benzene rings is 1. The zero-order valence-corrected chi connectivity index (χ0v) is 6.80. The lowest BCUT2D eigenvalue weighted by molar-refractivity contribution is 1.40. The highest BCUT2D eigenvalue weighted by atomic mass is 14.7. The van der Waals surface area contributed by atoms with E-state index in [0.29, 0.717) is 0 Å². The Morgan fingerprint density at radius 3 is 2.75 bits per heavy atom. The number of H-pyrrole nitrogens is 1. The van der Waals surface area contributed by atoms with Crippen LogP contribution in [0.25, 0.3) is 10.9 Å². The highest BCUT2D eigenvalue weighted by Gasteiger charge is 2.26. The molecule has 1 aromatic carbocycles. The van der Waals surface area contributed by atoms with Crippen LogP contribution in [0.2, 0.25) is 0 Å². The number of hydrogen-bond acceptors (Lipinski definition) is 0. The minimum atomic E-state index is 1.26. The summed E-state index contributed by atoms with van der Waals surface area (Å²) in [6.07, 6.45) is 4.72. The van der Waals surface area contributed by atoms with Crippen LogP contribution in [0.3, 0.4) is 0 Å². The highest BCUT2D eigenvalue weighted by molar-refractivity contribution is 5.85. The lowest BCUT2D eigenvalue weighted by Gasteiger charge is -1.92. The van der Waals surface area contributed by atoms with E-state index >= 15 is 0 Å². The van der Waals surface area contributed by atoms with Gasteiger partial charge in [-0.2, -0.15) is 0 Å². The molecule has 0 bridgehead atoms. The molecule has 1 aliphatic rings. The second-order valence-corrected chi connectivity index (χ2v) is 3.35. The summed E-state index contributed by atoms with van der Waals surface area (Å²) >= 11 is 0. The standard InChI is InChI=1S/C11H10N/c1-2-4-11-9(3-1)10(7-12-11)8-5-6-8/h1-4,7,12H,5-6H2. The molecule has 0 aliphatic heterocycles. The Morgan fingerprint density at radius 1 is 1.08 bits per heavy atom. The first-order valence-electron chi connectivity index (χ1n) is 4.36. The molecule has 1 heterocycles. The van der Waals surface area contributed by atoms with E-state index < -0.39 is 0 Å². The summed E-state index contributed by atoms with van der Waals surface area (Å²) in [5, 5.41) is 1.38. The van der Waals surface area contributed by atoms with Crippen LogP contribution in [-0.4, -0.2) is 4.98 Å². The monoisotopic (exact) mass is 156 g/mol. The summed E-state index contributed by atoms with van der Waals surface area (Å²) < 4.78 is 0. The summed E-state index contributed by atoms with van der Waals surface area (Å²) in [6.45, 7) is 0. The zero-order chi connectivity index (χ0) is 7.97. The lowest BCUT2D eigenvalue weighted by Crippen LogP contribution is -1.73. The Labute approximate surface area is 71.4 Å². The van der Waals surface area contributed by atoms with Gasteiger partial charge in [-0.15, -0.1) is 0 Å². The summed E-state index contributed by atoms with van der Waals surface area (Å²) in [4.78, 5) is 3.29. The van der Waals surface area contributed by atoms with Gasteiger partial charge in [0.2, 0.25) is 0 Å². The fourth-order valence-electron chi connectivity index (χ4n) is 1.70. The maximum absolute atomic E-state index is 3.29. The summed E-state index contributed by atoms with van der Waals surface area (Å²) in [6, 6.07) is 8.48. The third kappa shape index (κ3) is 0.795. The van der Waals surface area contributed by atoms with Crippen molar-refractivity contribution in [3.05, 3.63) is 41.9 Å². The van der Waals surface area contributed by atoms with E-state index in [1.807, 2.05) is 0 Å². The summed E-state index contributed by atoms with van der Waals surface area (Å²) in [5.74, 6) is 1.60. The number of fused-ring (bicyclic) bond motifs is 1. The second-order valence-electron chi connectivity index (χ2n) is 3.35. The number of aromatic amines is 1. The molecule has 1 aliphatic carbocycles. The Kier molecular flexibility index (Phi) is 1.12. The second kappa shape index (κ2) is 2.13. The molecule has 1 N–H and O–H groups in total. The minimum absolute atomic E-state index is 1.26. The van der Waals surface area contributed by atoms with Gasteiger partial charge in [0.25, 0.3) is 0 Å². The zero-order valence-electron chi connectivity index (χ0n) is 6.80. The maximum atomic E-state index is 3.29. The minimum Gasteiger partial charge on any atom is -0.361 e. The molecule has 59 valence electrons. The first kappa shape index (κ1) is 6.30. The van der Waals surface area contributed by atoms with Crippen molar-refractivity contribution in [2.75, 3.05) is 0 Å². The number of rotatable bonds is 1. The molecule has 1 saturated carbocycles. The maximum Gasteiger partial charge on any atom is 0.0457 e. The van der Waals surface area contributed by atoms with Crippen molar-refractivity contribution in [3.8, 4) is 0 Å². The highest BCUT2D eigenvalue weighted by Crippen LogP contribution is 2.41. The van der Waals surface area contributed by atoms with Gasteiger partial charge in [-0.1, -0.05) is 18.2 Å². The molecule has 1 radical (unpaired) electrons. The number of aromatic nitrogens is 1. The Balaban J connectivity index is 2.30. The lowest BCUT2D eigenvalue weighted by atomic mass is 10.1. The molecule has 0 atom stereocenters. The van der Waals surface area contributed by atoms with Crippen LogP contribution in [0.15, 0.2) is 30.5 Å². The number of hydrogen-bond donors (Lipinski definition) is 1. The van der Waals surface area contributed by atoms with Gasteiger partial charge < -0.3 is 4.98 Å².